The van der Waals surface area contributed by atoms with Gasteiger partial charge < -0.3 is 10.5 Å². The minimum Gasteiger partial charge on any atom is -0.384 e. The standard InChI is InChI=1S/C7H17NOS/c1-7(2,8)6-10-5-4-9-3/h4-6,8H2,1-3H3. The summed E-state index contributed by atoms with van der Waals surface area (Å²) in [6, 6.07) is 0. The molecule has 0 fully saturated rings. The first-order valence-electron chi connectivity index (χ1n) is 3.42. The van der Waals surface area contributed by atoms with Gasteiger partial charge in [-0.15, -0.1) is 0 Å². The lowest BCUT2D eigenvalue weighted by Crippen LogP contribution is -2.34. The Balaban J connectivity index is 3.04. The predicted octanol–water partition coefficient (Wildman–Crippen LogP) is 1.10. The average molecular weight is 163 g/mol. The van der Waals surface area contributed by atoms with Gasteiger partial charge in [0, 0.05) is 24.2 Å². The van der Waals surface area contributed by atoms with Gasteiger partial charge in [0.05, 0.1) is 6.61 Å². The summed E-state index contributed by atoms with van der Waals surface area (Å²) in [4.78, 5) is 0. The van der Waals surface area contributed by atoms with Crippen LogP contribution in [-0.4, -0.2) is 30.8 Å². The summed E-state index contributed by atoms with van der Waals surface area (Å²) >= 11 is 1.83. The molecule has 0 spiro atoms. The van der Waals surface area contributed by atoms with E-state index in [1.54, 1.807) is 7.11 Å². The molecule has 0 aromatic carbocycles. The average Bonchev–Trinajstić information content (AvgIpc) is 1.78. The number of hydrogen-bond acceptors (Lipinski definition) is 3. The highest BCUT2D eigenvalue weighted by Crippen LogP contribution is 2.08. The highest BCUT2D eigenvalue weighted by molar-refractivity contribution is 7.99. The number of nitrogens with two attached hydrogens (primary N) is 1. The highest BCUT2D eigenvalue weighted by Gasteiger charge is 2.09. The third-order valence-corrected chi connectivity index (χ3v) is 2.31. The first-order chi connectivity index (χ1) is 4.56. The predicted molar refractivity (Wildman–Crippen MR) is 47.5 cm³/mol. The zero-order valence-corrected chi connectivity index (χ0v) is 7.83. The summed E-state index contributed by atoms with van der Waals surface area (Å²) in [5.41, 5.74) is 5.71. The molecule has 0 unspecified atom stereocenters. The smallest absolute Gasteiger partial charge is 0.0552 e. The highest BCUT2D eigenvalue weighted by atomic mass is 32.2. The Morgan fingerprint density at radius 2 is 2.10 bits per heavy atom. The Kier molecular flexibility index (Phi) is 5.13. The molecular weight excluding hydrogens is 146 g/mol. The molecule has 0 amide bonds. The molecular formula is C7H17NOS. The van der Waals surface area contributed by atoms with Crippen LogP contribution in [0.4, 0.5) is 0 Å². The molecule has 0 rings (SSSR count). The second kappa shape index (κ2) is 4.99. The van der Waals surface area contributed by atoms with E-state index in [4.69, 9.17) is 10.5 Å². The van der Waals surface area contributed by atoms with Crippen LogP contribution in [0.3, 0.4) is 0 Å². The molecule has 10 heavy (non-hydrogen) atoms. The maximum Gasteiger partial charge on any atom is 0.0552 e. The Bertz CT molecular complexity index is 80.2. The second-order valence-corrected chi connectivity index (χ2v) is 4.14. The van der Waals surface area contributed by atoms with E-state index < -0.39 is 0 Å². The molecule has 0 saturated heterocycles. The molecule has 0 bridgehead atoms. The van der Waals surface area contributed by atoms with E-state index in [-0.39, 0.29) is 5.54 Å². The van der Waals surface area contributed by atoms with Crippen molar-refractivity contribution in [1.82, 2.24) is 0 Å². The van der Waals surface area contributed by atoms with Crippen LogP contribution in [0.5, 0.6) is 0 Å². The Morgan fingerprint density at radius 3 is 2.50 bits per heavy atom. The molecule has 0 heterocycles. The molecule has 0 aliphatic carbocycles. The molecule has 0 radical (unpaired) electrons. The lowest BCUT2D eigenvalue weighted by molar-refractivity contribution is 0.218. The molecule has 62 valence electrons. The van der Waals surface area contributed by atoms with Gasteiger partial charge >= 0.3 is 0 Å². The van der Waals surface area contributed by atoms with Crippen LogP contribution in [0, 0.1) is 0 Å². The van der Waals surface area contributed by atoms with Crippen molar-refractivity contribution in [2.75, 3.05) is 25.2 Å². The van der Waals surface area contributed by atoms with Crippen LogP contribution in [0.1, 0.15) is 13.8 Å². The van der Waals surface area contributed by atoms with Crippen molar-refractivity contribution in [1.29, 1.82) is 0 Å². The Morgan fingerprint density at radius 1 is 1.50 bits per heavy atom. The molecule has 0 saturated carbocycles. The minimum atomic E-state index is -0.0432. The molecule has 2 nitrogen and oxygen atoms in total. The monoisotopic (exact) mass is 163 g/mol. The molecule has 2 N–H and O–H groups in total. The normalized spacial score (nSPS) is 12.0. The molecule has 0 aromatic heterocycles. The van der Waals surface area contributed by atoms with Gasteiger partial charge in [-0.3, -0.25) is 0 Å². The van der Waals surface area contributed by atoms with Crippen LogP contribution in [0.15, 0.2) is 0 Å². The van der Waals surface area contributed by atoms with Crippen LogP contribution in [0.2, 0.25) is 0 Å². The zero-order chi connectivity index (χ0) is 8.04. The number of thioether (sulfide) groups is 1. The van der Waals surface area contributed by atoms with E-state index in [1.165, 1.54) is 0 Å². The van der Waals surface area contributed by atoms with Gasteiger partial charge in [-0.2, -0.15) is 11.8 Å². The van der Waals surface area contributed by atoms with Crippen molar-refractivity contribution in [3.8, 4) is 0 Å². The number of rotatable bonds is 5. The summed E-state index contributed by atoms with van der Waals surface area (Å²) in [6.45, 7) is 4.89. The number of ether oxygens (including phenoxy) is 1. The van der Waals surface area contributed by atoms with Crippen LogP contribution in [0.25, 0.3) is 0 Å². The lowest BCUT2D eigenvalue weighted by atomic mass is 10.1. The second-order valence-electron chi connectivity index (χ2n) is 3.03. The summed E-state index contributed by atoms with van der Waals surface area (Å²) in [7, 11) is 1.72. The van der Waals surface area contributed by atoms with E-state index in [0.717, 1.165) is 18.1 Å². The molecule has 0 atom stereocenters. The van der Waals surface area contributed by atoms with Crippen molar-refractivity contribution in [3.05, 3.63) is 0 Å². The van der Waals surface area contributed by atoms with Gasteiger partial charge in [0.2, 0.25) is 0 Å². The fourth-order valence-corrected chi connectivity index (χ4v) is 1.43. The topological polar surface area (TPSA) is 35.2 Å². The maximum absolute atomic E-state index is 5.76. The fraction of sp³-hybridized carbons (Fsp3) is 1.00. The molecule has 0 aromatic rings. The fourth-order valence-electron chi connectivity index (χ4n) is 0.477. The van der Waals surface area contributed by atoms with Crippen molar-refractivity contribution < 1.29 is 4.74 Å². The summed E-state index contributed by atoms with van der Waals surface area (Å²) in [6.07, 6.45) is 0. The third-order valence-electron chi connectivity index (χ3n) is 0.906. The van der Waals surface area contributed by atoms with E-state index in [9.17, 15) is 0 Å². The largest absolute Gasteiger partial charge is 0.384 e. The summed E-state index contributed by atoms with van der Waals surface area (Å²) in [5, 5.41) is 0. The van der Waals surface area contributed by atoms with E-state index >= 15 is 0 Å². The zero-order valence-electron chi connectivity index (χ0n) is 7.02. The van der Waals surface area contributed by atoms with Gasteiger partial charge in [-0.1, -0.05) is 0 Å². The summed E-state index contributed by atoms with van der Waals surface area (Å²) < 4.78 is 4.89. The van der Waals surface area contributed by atoms with Crippen LogP contribution < -0.4 is 5.73 Å². The van der Waals surface area contributed by atoms with Gasteiger partial charge in [0.25, 0.3) is 0 Å². The van der Waals surface area contributed by atoms with Gasteiger partial charge in [-0.25, -0.2) is 0 Å². The quantitative estimate of drug-likeness (QED) is 0.616. The van der Waals surface area contributed by atoms with Gasteiger partial charge in [0.1, 0.15) is 0 Å². The Labute approximate surface area is 67.5 Å². The molecule has 0 aliphatic heterocycles. The maximum atomic E-state index is 5.76. The van der Waals surface area contributed by atoms with Crippen molar-refractivity contribution in [2.45, 2.75) is 19.4 Å². The first-order valence-corrected chi connectivity index (χ1v) is 4.57. The van der Waals surface area contributed by atoms with Crippen molar-refractivity contribution >= 4 is 11.8 Å². The number of hydrogen-bond donors (Lipinski definition) is 1. The van der Waals surface area contributed by atoms with E-state index in [2.05, 4.69) is 0 Å². The summed E-state index contributed by atoms with van der Waals surface area (Å²) in [5.74, 6) is 2.04. The lowest BCUT2D eigenvalue weighted by Gasteiger charge is -2.16. The van der Waals surface area contributed by atoms with Crippen molar-refractivity contribution in [3.63, 3.8) is 0 Å². The minimum absolute atomic E-state index is 0.0432. The Hall–Kier alpha value is 0.270. The van der Waals surface area contributed by atoms with E-state index in [0.29, 0.717) is 0 Å². The SMILES string of the molecule is COCCSCC(C)(C)N. The van der Waals surface area contributed by atoms with Gasteiger partial charge in [0.15, 0.2) is 0 Å². The number of methoxy groups -OCH3 is 1. The van der Waals surface area contributed by atoms with Crippen molar-refractivity contribution in [2.24, 2.45) is 5.73 Å². The first kappa shape index (κ1) is 10.3. The third kappa shape index (κ3) is 8.27. The van der Waals surface area contributed by atoms with Gasteiger partial charge in [-0.05, 0) is 13.8 Å². The van der Waals surface area contributed by atoms with Crippen LogP contribution in [-0.2, 0) is 4.74 Å². The van der Waals surface area contributed by atoms with E-state index in [1.807, 2.05) is 25.6 Å². The van der Waals surface area contributed by atoms with Crippen LogP contribution >= 0.6 is 11.8 Å². The molecule has 3 heteroatoms. The molecule has 0 aliphatic rings.